The van der Waals surface area contributed by atoms with E-state index in [1.165, 1.54) is 0 Å². The first-order valence-corrected chi connectivity index (χ1v) is 10.7. The van der Waals surface area contributed by atoms with E-state index in [1.54, 1.807) is 13.1 Å². The Morgan fingerprint density at radius 3 is 2.50 bits per heavy atom. The Morgan fingerprint density at radius 1 is 1.27 bits per heavy atom. The van der Waals surface area contributed by atoms with E-state index in [4.69, 9.17) is 21.8 Å². The number of primary amides is 1. The second kappa shape index (κ2) is 9.47. The molecular weight excluding hydrogens is 404 g/mol. The summed E-state index contributed by atoms with van der Waals surface area (Å²) in [5, 5.41) is 10.9. The second-order valence-electron chi connectivity index (χ2n) is 8.58. The minimum Gasteiger partial charge on any atom is -0.439 e. The lowest BCUT2D eigenvalue weighted by Gasteiger charge is -2.42. The summed E-state index contributed by atoms with van der Waals surface area (Å²) in [5.74, 6) is 0.709. The van der Waals surface area contributed by atoms with E-state index < -0.39 is 6.10 Å². The number of benzene rings is 1. The quantitative estimate of drug-likeness (QED) is 0.663. The number of nitrogens with two attached hydrogens (primary N) is 1. The largest absolute Gasteiger partial charge is 0.439 e. The zero-order valence-corrected chi connectivity index (χ0v) is 18.6. The van der Waals surface area contributed by atoms with Gasteiger partial charge in [-0.05, 0) is 44.5 Å². The SMILES string of the molecule is C[C@H](C[C@H](O)CN1CCN(C(C)(C)c2ncc(-c3ccc(Cl)cc3)o2)CC1)C(N)=O. The number of oxazole rings is 1. The fourth-order valence-corrected chi connectivity index (χ4v) is 3.95. The van der Waals surface area contributed by atoms with Gasteiger partial charge in [-0.2, -0.15) is 0 Å². The third-order valence-electron chi connectivity index (χ3n) is 5.90. The number of β-amino-alcohol motifs (C(OH)–C–C–N with tert-alkyl or cyclic N) is 1. The molecule has 7 nitrogen and oxygen atoms in total. The average molecular weight is 435 g/mol. The van der Waals surface area contributed by atoms with Crippen molar-refractivity contribution in [3.05, 3.63) is 41.4 Å². The summed E-state index contributed by atoms with van der Waals surface area (Å²) in [6.07, 6.45) is 1.60. The highest BCUT2D eigenvalue weighted by Crippen LogP contribution is 2.31. The summed E-state index contributed by atoms with van der Waals surface area (Å²) >= 11 is 5.97. The fraction of sp³-hybridized carbons (Fsp3) is 0.545. The molecule has 1 aromatic carbocycles. The number of halogens is 1. The van der Waals surface area contributed by atoms with Crippen LogP contribution < -0.4 is 5.73 Å². The van der Waals surface area contributed by atoms with Crippen molar-refractivity contribution >= 4 is 17.5 Å². The summed E-state index contributed by atoms with van der Waals surface area (Å²) in [5.41, 5.74) is 5.88. The van der Waals surface area contributed by atoms with Gasteiger partial charge in [0.05, 0.1) is 17.8 Å². The van der Waals surface area contributed by atoms with Crippen LogP contribution in [0.3, 0.4) is 0 Å². The van der Waals surface area contributed by atoms with Gasteiger partial charge in [-0.1, -0.05) is 18.5 Å². The zero-order chi connectivity index (χ0) is 21.9. The number of aliphatic hydroxyl groups excluding tert-OH is 1. The molecule has 3 rings (SSSR count). The Kier molecular flexibility index (Phi) is 7.18. The normalized spacial score (nSPS) is 18.3. The molecule has 0 radical (unpaired) electrons. The van der Waals surface area contributed by atoms with E-state index in [-0.39, 0.29) is 17.4 Å². The molecule has 2 atom stereocenters. The van der Waals surface area contributed by atoms with Gasteiger partial charge in [0.1, 0.15) is 0 Å². The Balaban J connectivity index is 1.57. The molecule has 0 aliphatic carbocycles. The van der Waals surface area contributed by atoms with Crippen molar-refractivity contribution in [2.24, 2.45) is 11.7 Å². The van der Waals surface area contributed by atoms with E-state index in [1.807, 2.05) is 24.3 Å². The van der Waals surface area contributed by atoms with Gasteiger partial charge in [-0.15, -0.1) is 0 Å². The third-order valence-corrected chi connectivity index (χ3v) is 6.15. The molecule has 2 heterocycles. The summed E-state index contributed by atoms with van der Waals surface area (Å²) < 4.78 is 6.09. The van der Waals surface area contributed by atoms with Crippen LogP contribution in [0.25, 0.3) is 11.3 Å². The molecule has 0 spiro atoms. The molecule has 1 fully saturated rings. The van der Waals surface area contributed by atoms with Crippen molar-refractivity contribution in [2.75, 3.05) is 32.7 Å². The van der Waals surface area contributed by atoms with E-state index in [9.17, 15) is 9.90 Å². The number of rotatable bonds is 8. The first-order valence-electron chi connectivity index (χ1n) is 10.3. The maximum absolute atomic E-state index is 11.2. The number of hydrogen-bond donors (Lipinski definition) is 2. The maximum Gasteiger partial charge on any atom is 0.220 e. The molecule has 1 aromatic heterocycles. The van der Waals surface area contributed by atoms with Crippen molar-refractivity contribution in [2.45, 2.75) is 38.8 Å². The van der Waals surface area contributed by atoms with Gasteiger partial charge in [0.2, 0.25) is 11.8 Å². The van der Waals surface area contributed by atoms with Crippen molar-refractivity contribution in [1.29, 1.82) is 0 Å². The highest BCUT2D eigenvalue weighted by Gasteiger charge is 2.36. The summed E-state index contributed by atoms with van der Waals surface area (Å²) in [6.45, 7) is 9.86. The molecule has 1 aliphatic rings. The van der Waals surface area contributed by atoms with E-state index in [0.29, 0.717) is 23.9 Å². The lowest BCUT2D eigenvalue weighted by atomic mass is 10.0. The Hall–Kier alpha value is -1.93. The number of aliphatic hydroxyl groups is 1. The maximum atomic E-state index is 11.2. The van der Waals surface area contributed by atoms with Gasteiger partial charge in [-0.25, -0.2) is 4.98 Å². The minimum atomic E-state index is -0.555. The lowest BCUT2D eigenvalue weighted by Crippen LogP contribution is -2.54. The van der Waals surface area contributed by atoms with Crippen LogP contribution in [-0.4, -0.2) is 64.6 Å². The van der Waals surface area contributed by atoms with Crippen molar-refractivity contribution < 1.29 is 14.3 Å². The molecular formula is C22H31ClN4O3. The standard InChI is InChI=1S/C22H31ClN4O3/c1-15(20(24)29)12-18(28)14-26-8-10-27(11-9-26)22(2,3)21-25-13-19(30-21)16-4-6-17(23)7-5-16/h4-7,13,15,18,28H,8-12,14H2,1-3H3,(H2,24,29)/t15-,18+/m1/s1. The predicted octanol–water partition coefficient (Wildman–Crippen LogP) is 2.72. The molecule has 1 saturated heterocycles. The van der Waals surface area contributed by atoms with Crippen LogP contribution in [0.15, 0.2) is 34.9 Å². The summed E-state index contributed by atoms with van der Waals surface area (Å²) in [4.78, 5) is 20.3. The van der Waals surface area contributed by atoms with Crippen LogP contribution in [0.2, 0.25) is 5.02 Å². The number of aromatic nitrogens is 1. The van der Waals surface area contributed by atoms with E-state index in [0.717, 1.165) is 37.5 Å². The van der Waals surface area contributed by atoms with Crippen LogP contribution in [0.5, 0.6) is 0 Å². The predicted molar refractivity (Wildman–Crippen MR) is 117 cm³/mol. The second-order valence-corrected chi connectivity index (χ2v) is 9.01. The smallest absolute Gasteiger partial charge is 0.220 e. The first-order chi connectivity index (χ1) is 14.2. The van der Waals surface area contributed by atoms with Crippen molar-refractivity contribution in [3.63, 3.8) is 0 Å². The topological polar surface area (TPSA) is 95.8 Å². The monoisotopic (exact) mass is 434 g/mol. The third kappa shape index (κ3) is 5.40. The highest BCUT2D eigenvalue weighted by atomic mass is 35.5. The van der Waals surface area contributed by atoms with Gasteiger partial charge in [0.25, 0.3) is 0 Å². The summed E-state index contributed by atoms with van der Waals surface area (Å²) in [7, 11) is 0. The lowest BCUT2D eigenvalue weighted by molar-refractivity contribution is -0.122. The molecule has 30 heavy (non-hydrogen) atoms. The van der Waals surface area contributed by atoms with Crippen LogP contribution in [0, 0.1) is 5.92 Å². The molecule has 164 valence electrons. The van der Waals surface area contributed by atoms with Crippen LogP contribution >= 0.6 is 11.6 Å². The number of carbonyl (C=O) groups is 1. The Morgan fingerprint density at radius 2 is 1.90 bits per heavy atom. The van der Waals surface area contributed by atoms with Gasteiger partial charge in [0, 0.05) is 49.2 Å². The molecule has 0 unspecified atom stereocenters. The van der Waals surface area contributed by atoms with Crippen molar-refractivity contribution in [3.8, 4) is 11.3 Å². The van der Waals surface area contributed by atoms with Gasteiger partial charge in [-0.3, -0.25) is 14.6 Å². The van der Waals surface area contributed by atoms with Gasteiger partial charge >= 0.3 is 0 Å². The highest BCUT2D eigenvalue weighted by molar-refractivity contribution is 6.30. The molecule has 1 amide bonds. The fourth-order valence-electron chi connectivity index (χ4n) is 3.83. The average Bonchev–Trinajstić information content (AvgIpc) is 3.20. The molecule has 0 saturated carbocycles. The first kappa shape index (κ1) is 22.7. The zero-order valence-electron chi connectivity index (χ0n) is 17.8. The molecule has 1 aliphatic heterocycles. The molecule has 8 heteroatoms. The van der Waals surface area contributed by atoms with E-state index >= 15 is 0 Å². The number of nitrogens with zero attached hydrogens (tertiary/aromatic N) is 3. The van der Waals surface area contributed by atoms with Crippen LogP contribution in [0.4, 0.5) is 0 Å². The number of hydrogen-bond acceptors (Lipinski definition) is 6. The molecule has 2 aromatic rings. The molecule has 3 N–H and O–H groups in total. The van der Waals surface area contributed by atoms with Gasteiger partial charge < -0.3 is 15.3 Å². The Bertz CT molecular complexity index is 844. The van der Waals surface area contributed by atoms with Crippen LogP contribution in [0.1, 0.15) is 33.1 Å². The molecule has 0 bridgehead atoms. The Labute approximate surface area is 182 Å². The number of carbonyl (C=O) groups excluding carboxylic acids is 1. The van der Waals surface area contributed by atoms with Crippen LogP contribution in [-0.2, 0) is 10.3 Å². The number of amides is 1. The van der Waals surface area contributed by atoms with Gasteiger partial charge in [0.15, 0.2) is 5.76 Å². The summed E-state index contributed by atoms with van der Waals surface area (Å²) in [6, 6.07) is 7.51. The van der Waals surface area contributed by atoms with E-state index in [2.05, 4.69) is 28.6 Å². The number of piperazine rings is 1. The van der Waals surface area contributed by atoms with Crippen molar-refractivity contribution in [1.82, 2.24) is 14.8 Å². The minimum absolute atomic E-state index is 0.319.